The van der Waals surface area contributed by atoms with Gasteiger partial charge in [-0.1, -0.05) is 12.1 Å². The number of carbonyl (C=O) groups excluding carboxylic acids is 1. The molecule has 0 aliphatic carbocycles. The van der Waals surface area contributed by atoms with Crippen molar-refractivity contribution in [1.82, 2.24) is 9.78 Å². The molecule has 0 fully saturated rings. The van der Waals surface area contributed by atoms with E-state index in [1.807, 2.05) is 39.1 Å². The summed E-state index contributed by atoms with van der Waals surface area (Å²) in [5.74, 6) is 2.03. The fourth-order valence-electron chi connectivity index (χ4n) is 3.24. The first-order valence-electron chi connectivity index (χ1n) is 7.69. The van der Waals surface area contributed by atoms with Gasteiger partial charge in [0.2, 0.25) is 5.91 Å². The zero-order valence-corrected chi connectivity index (χ0v) is 13.8. The summed E-state index contributed by atoms with van der Waals surface area (Å²) in [5.41, 5.74) is 2.91. The van der Waals surface area contributed by atoms with Gasteiger partial charge in [-0.3, -0.25) is 9.48 Å². The third-order valence-corrected chi connectivity index (χ3v) is 4.16. The van der Waals surface area contributed by atoms with Crippen molar-refractivity contribution in [3.05, 3.63) is 35.0 Å². The van der Waals surface area contributed by atoms with E-state index in [0.717, 1.165) is 22.6 Å². The minimum absolute atomic E-state index is 0.0178. The summed E-state index contributed by atoms with van der Waals surface area (Å²) < 4.78 is 13.0. The molecule has 23 heavy (non-hydrogen) atoms. The third kappa shape index (κ3) is 2.54. The van der Waals surface area contributed by atoms with Crippen LogP contribution in [-0.4, -0.2) is 29.4 Å². The number of nitrogens with one attached hydrogen (secondary N) is 1. The lowest BCUT2D eigenvalue weighted by Gasteiger charge is -2.26. The number of anilines is 1. The third-order valence-electron chi connectivity index (χ3n) is 4.16. The van der Waals surface area contributed by atoms with Crippen LogP contribution in [0.2, 0.25) is 0 Å². The lowest BCUT2D eigenvalue weighted by molar-refractivity contribution is -0.116. The second-order valence-electron chi connectivity index (χ2n) is 5.59. The second-order valence-corrected chi connectivity index (χ2v) is 5.59. The summed E-state index contributed by atoms with van der Waals surface area (Å²) >= 11 is 0. The van der Waals surface area contributed by atoms with E-state index in [4.69, 9.17) is 9.47 Å². The number of para-hydroxylation sites is 1. The molecule has 0 saturated carbocycles. The van der Waals surface area contributed by atoms with Gasteiger partial charge in [0.05, 0.1) is 19.4 Å². The average molecular weight is 315 g/mol. The number of carbonyl (C=O) groups is 1. The number of nitrogens with zero attached hydrogens (tertiary/aromatic N) is 2. The number of methoxy groups -OCH3 is 1. The molecule has 1 aromatic heterocycles. The molecule has 2 aromatic rings. The summed E-state index contributed by atoms with van der Waals surface area (Å²) in [4.78, 5) is 12.2. The minimum Gasteiger partial charge on any atom is -0.493 e. The van der Waals surface area contributed by atoms with Crippen LogP contribution in [0.5, 0.6) is 11.5 Å². The van der Waals surface area contributed by atoms with Gasteiger partial charge >= 0.3 is 0 Å². The molecule has 1 amide bonds. The smallest absolute Gasteiger partial charge is 0.226 e. The van der Waals surface area contributed by atoms with Crippen molar-refractivity contribution in [3.63, 3.8) is 0 Å². The maximum Gasteiger partial charge on any atom is 0.226 e. The number of aromatic nitrogens is 2. The van der Waals surface area contributed by atoms with E-state index in [1.54, 1.807) is 11.8 Å². The molecule has 1 atom stereocenters. The molecule has 1 N–H and O–H groups in total. The van der Waals surface area contributed by atoms with Crippen LogP contribution in [0.25, 0.3) is 0 Å². The van der Waals surface area contributed by atoms with Gasteiger partial charge in [-0.15, -0.1) is 0 Å². The summed E-state index contributed by atoms with van der Waals surface area (Å²) in [6.07, 6.45) is 0.368. The van der Waals surface area contributed by atoms with E-state index in [9.17, 15) is 4.79 Å². The van der Waals surface area contributed by atoms with Crippen LogP contribution < -0.4 is 14.8 Å². The van der Waals surface area contributed by atoms with Gasteiger partial charge in [-0.25, -0.2) is 0 Å². The number of hydrogen-bond acceptors (Lipinski definition) is 4. The van der Waals surface area contributed by atoms with Crippen molar-refractivity contribution in [1.29, 1.82) is 0 Å². The standard InChI is InChI=1S/C17H21N3O3/c1-5-23-16-11(7-6-8-13(16)22-4)12-9-14(21)18-17-15(12)10(2)19-20(17)3/h6-8,12H,5,9H2,1-4H3,(H,18,21)/t12-/m0/s1. The van der Waals surface area contributed by atoms with Gasteiger partial charge < -0.3 is 14.8 Å². The zero-order chi connectivity index (χ0) is 16.6. The molecule has 0 saturated heterocycles. The number of aryl methyl sites for hydroxylation is 2. The van der Waals surface area contributed by atoms with E-state index in [-0.39, 0.29) is 11.8 Å². The fraction of sp³-hybridized carbons (Fsp3) is 0.412. The molecular weight excluding hydrogens is 294 g/mol. The van der Waals surface area contributed by atoms with Gasteiger partial charge in [-0.05, 0) is 19.9 Å². The molecule has 6 heteroatoms. The fourth-order valence-corrected chi connectivity index (χ4v) is 3.24. The lowest BCUT2D eigenvalue weighted by atomic mass is 9.85. The summed E-state index contributed by atoms with van der Waals surface area (Å²) in [6.45, 7) is 4.43. The van der Waals surface area contributed by atoms with Crippen molar-refractivity contribution in [2.75, 3.05) is 19.0 Å². The lowest BCUT2D eigenvalue weighted by Crippen LogP contribution is -2.25. The van der Waals surface area contributed by atoms with Gasteiger partial charge in [0.1, 0.15) is 5.82 Å². The SMILES string of the molecule is CCOc1c(OC)cccc1[C@@H]1CC(=O)Nc2c1c(C)nn2C. The summed E-state index contributed by atoms with van der Waals surface area (Å²) in [6, 6.07) is 5.79. The highest BCUT2D eigenvalue weighted by Crippen LogP contribution is 2.45. The second kappa shape index (κ2) is 5.95. The van der Waals surface area contributed by atoms with Crippen molar-refractivity contribution >= 4 is 11.7 Å². The molecule has 3 rings (SSSR count). The molecular formula is C17H21N3O3. The van der Waals surface area contributed by atoms with Crippen LogP contribution in [0.3, 0.4) is 0 Å². The Hall–Kier alpha value is -2.50. The first kappa shape index (κ1) is 15.4. The van der Waals surface area contributed by atoms with Crippen molar-refractivity contribution in [2.45, 2.75) is 26.2 Å². The number of benzene rings is 1. The molecule has 1 aliphatic heterocycles. The summed E-state index contributed by atoms with van der Waals surface area (Å²) in [7, 11) is 3.46. The number of fused-ring (bicyclic) bond motifs is 1. The Labute approximate surface area is 135 Å². The predicted molar refractivity (Wildman–Crippen MR) is 87.2 cm³/mol. The predicted octanol–water partition coefficient (Wildman–Crippen LogP) is 2.61. The molecule has 0 radical (unpaired) electrons. The van der Waals surface area contributed by atoms with Crippen LogP contribution in [0.1, 0.15) is 36.1 Å². The van der Waals surface area contributed by atoms with Gasteiger partial charge in [0.25, 0.3) is 0 Å². The van der Waals surface area contributed by atoms with Crippen molar-refractivity contribution < 1.29 is 14.3 Å². The Morgan fingerprint density at radius 3 is 2.91 bits per heavy atom. The highest BCUT2D eigenvalue weighted by molar-refractivity contribution is 5.94. The van der Waals surface area contributed by atoms with Crippen molar-refractivity contribution in [3.8, 4) is 11.5 Å². The van der Waals surface area contributed by atoms with E-state index >= 15 is 0 Å². The van der Waals surface area contributed by atoms with Crippen LogP contribution >= 0.6 is 0 Å². The van der Waals surface area contributed by atoms with Crippen molar-refractivity contribution in [2.24, 2.45) is 7.05 Å². The Balaban J connectivity index is 2.18. The monoisotopic (exact) mass is 315 g/mol. The van der Waals surface area contributed by atoms with Crippen LogP contribution in [0, 0.1) is 6.92 Å². The normalized spacial score (nSPS) is 16.7. The highest BCUT2D eigenvalue weighted by Gasteiger charge is 2.33. The Morgan fingerprint density at radius 2 is 2.22 bits per heavy atom. The van der Waals surface area contributed by atoms with E-state index in [1.165, 1.54) is 0 Å². The maximum absolute atomic E-state index is 12.2. The van der Waals surface area contributed by atoms with Crippen LogP contribution in [-0.2, 0) is 11.8 Å². The quantitative estimate of drug-likeness (QED) is 0.942. The molecule has 6 nitrogen and oxygen atoms in total. The van der Waals surface area contributed by atoms with E-state index in [2.05, 4.69) is 10.4 Å². The van der Waals surface area contributed by atoms with Gasteiger partial charge in [0, 0.05) is 30.5 Å². The topological polar surface area (TPSA) is 65.4 Å². The summed E-state index contributed by atoms with van der Waals surface area (Å²) in [5, 5.41) is 7.37. The molecule has 0 unspecified atom stereocenters. The van der Waals surface area contributed by atoms with E-state index < -0.39 is 0 Å². The van der Waals surface area contributed by atoms with Gasteiger partial charge in [-0.2, -0.15) is 5.10 Å². The molecule has 1 aromatic carbocycles. The zero-order valence-electron chi connectivity index (χ0n) is 13.8. The molecule has 0 bridgehead atoms. The molecule has 2 heterocycles. The molecule has 0 spiro atoms. The Kier molecular flexibility index (Phi) is 3.98. The van der Waals surface area contributed by atoms with Crippen LogP contribution in [0.4, 0.5) is 5.82 Å². The molecule has 122 valence electrons. The Bertz CT molecular complexity index is 752. The number of ether oxygens (including phenoxy) is 2. The first-order chi connectivity index (χ1) is 11.1. The Morgan fingerprint density at radius 1 is 1.43 bits per heavy atom. The van der Waals surface area contributed by atoms with Gasteiger partial charge in [0.15, 0.2) is 11.5 Å². The first-order valence-corrected chi connectivity index (χ1v) is 7.69. The minimum atomic E-state index is -0.0934. The van der Waals surface area contributed by atoms with E-state index in [0.29, 0.717) is 24.5 Å². The maximum atomic E-state index is 12.2. The van der Waals surface area contributed by atoms with Crippen LogP contribution in [0.15, 0.2) is 18.2 Å². The molecule has 1 aliphatic rings. The number of amides is 1. The largest absolute Gasteiger partial charge is 0.493 e. The highest BCUT2D eigenvalue weighted by atomic mass is 16.5. The number of hydrogen-bond donors (Lipinski definition) is 1. The average Bonchev–Trinajstić information content (AvgIpc) is 2.81. The number of rotatable bonds is 4.